The maximum atomic E-state index is 11.5. The zero-order valence-corrected chi connectivity index (χ0v) is 8.82. The number of likely N-dealkylation sites (tertiary alicyclic amines) is 1. The van der Waals surface area contributed by atoms with Gasteiger partial charge < -0.3 is 9.64 Å². The van der Waals surface area contributed by atoms with Crippen LogP contribution >= 0.6 is 0 Å². The highest BCUT2D eigenvalue weighted by Crippen LogP contribution is 2.27. The topological polar surface area (TPSA) is 53.3 Å². The molecule has 0 N–H and O–H groups in total. The van der Waals surface area contributed by atoms with Crippen LogP contribution in [0.25, 0.3) is 0 Å². The van der Waals surface area contributed by atoms with Crippen molar-refractivity contribution in [3.05, 3.63) is 11.3 Å². The molecule has 4 heteroatoms. The summed E-state index contributed by atoms with van der Waals surface area (Å²) in [5.74, 6) is 0.544. The Morgan fingerprint density at radius 1 is 1.53 bits per heavy atom. The third-order valence-electron chi connectivity index (χ3n) is 2.97. The van der Waals surface area contributed by atoms with Crippen molar-refractivity contribution in [1.82, 2.24) is 4.90 Å². The Morgan fingerprint density at radius 3 is 2.93 bits per heavy atom. The third-order valence-corrected chi connectivity index (χ3v) is 2.97. The van der Waals surface area contributed by atoms with Crippen LogP contribution in [0.4, 0.5) is 0 Å². The monoisotopic (exact) mass is 206 g/mol. The minimum atomic E-state index is -0.210. The van der Waals surface area contributed by atoms with Gasteiger partial charge in [0.1, 0.15) is 6.07 Å². The molecule has 1 unspecified atom stereocenters. The van der Waals surface area contributed by atoms with E-state index < -0.39 is 0 Å². The summed E-state index contributed by atoms with van der Waals surface area (Å²) in [6.07, 6.45) is 2.96. The van der Waals surface area contributed by atoms with Crippen LogP contribution in [0.2, 0.25) is 0 Å². The second-order valence-electron chi connectivity index (χ2n) is 4.02. The van der Waals surface area contributed by atoms with Crippen LogP contribution in [-0.2, 0) is 9.53 Å². The van der Waals surface area contributed by atoms with Crippen LogP contribution in [-0.4, -0.2) is 23.6 Å². The molecule has 0 aliphatic carbocycles. The molecule has 4 nitrogen and oxygen atoms in total. The van der Waals surface area contributed by atoms with Gasteiger partial charge in [0, 0.05) is 19.4 Å². The van der Waals surface area contributed by atoms with Crippen molar-refractivity contribution in [2.75, 3.05) is 6.54 Å². The number of ether oxygens (including phenoxy) is 1. The minimum Gasteiger partial charge on any atom is -0.460 e. The summed E-state index contributed by atoms with van der Waals surface area (Å²) in [5.41, 5.74) is 0.986. The molecule has 1 amide bonds. The summed E-state index contributed by atoms with van der Waals surface area (Å²) >= 11 is 0. The second kappa shape index (κ2) is 3.93. The lowest BCUT2D eigenvalue weighted by molar-refractivity contribution is -0.138. The van der Waals surface area contributed by atoms with Crippen LogP contribution in [0, 0.1) is 11.3 Å². The summed E-state index contributed by atoms with van der Waals surface area (Å²) in [7, 11) is 0. The summed E-state index contributed by atoms with van der Waals surface area (Å²) in [6.45, 7) is 2.67. The van der Waals surface area contributed by atoms with Crippen molar-refractivity contribution in [2.45, 2.75) is 38.8 Å². The predicted molar refractivity (Wildman–Crippen MR) is 53.4 cm³/mol. The molecule has 0 radical (unpaired) electrons. The van der Waals surface area contributed by atoms with Crippen molar-refractivity contribution >= 4 is 5.91 Å². The molecular formula is C11H14N2O2. The zero-order valence-electron chi connectivity index (χ0n) is 8.82. The number of rotatable bonds is 1. The zero-order chi connectivity index (χ0) is 10.8. The van der Waals surface area contributed by atoms with Crippen molar-refractivity contribution in [1.29, 1.82) is 5.26 Å². The summed E-state index contributed by atoms with van der Waals surface area (Å²) in [4.78, 5) is 13.3. The summed E-state index contributed by atoms with van der Waals surface area (Å²) in [5, 5.41) is 8.85. The number of hydrogen-bond donors (Lipinski definition) is 0. The van der Waals surface area contributed by atoms with Gasteiger partial charge in [0.15, 0.2) is 12.0 Å². The van der Waals surface area contributed by atoms with E-state index >= 15 is 0 Å². The number of carbonyl (C=O) groups is 1. The van der Waals surface area contributed by atoms with E-state index in [-0.39, 0.29) is 12.1 Å². The fraction of sp³-hybridized carbons (Fsp3) is 0.636. The Bertz CT molecular complexity index is 354. The fourth-order valence-electron chi connectivity index (χ4n) is 2.06. The lowest BCUT2D eigenvalue weighted by Gasteiger charge is -2.31. The van der Waals surface area contributed by atoms with Crippen molar-refractivity contribution in [2.24, 2.45) is 0 Å². The van der Waals surface area contributed by atoms with E-state index in [0.717, 1.165) is 31.4 Å². The standard InChI is InChI=1S/C11H14N2O2/c1-8-4-5-11(15-9(8)7-12)13-6-2-3-10(13)14/h11H,2-6H2,1H3. The van der Waals surface area contributed by atoms with E-state index in [2.05, 4.69) is 0 Å². The van der Waals surface area contributed by atoms with Gasteiger partial charge in [-0.05, 0) is 25.3 Å². The molecule has 0 aromatic heterocycles. The minimum absolute atomic E-state index is 0.150. The molecule has 2 heterocycles. The first-order chi connectivity index (χ1) is 7.22. The second-order valence-corrected chi connectivity index (χ2v) is 4.02. The highest BCUT2D eigenvalue weighted by Gasteiger charge is 2.31. The van der Waals surface area contributed by atoms with Gasteiger partial charge >= 0.3 is 0 Å². The smallest absolute Gasteiger partial charge is 0.225 e. The SMILES string of the molecule is CC1=C(C#N)OC(N2CCCC2=O)CC1. The number of amides is 1. The van der Waals surface area contributed by atoms with Gasteiger partial charge in [0.25, 0.3) is 0 Å². The van der Waals surface area contributed by atoms with E-state index in [0.29, 0.717) is 12.2 Å². The normalized spacial score (nSPS) is 26.5. The predicted octanol–water partition coefficient (Wildman–Crippen LogP) is 1.54. The summed E-state index contributed by atoms with van der Waals surface area (Å²) < 4.78 is 5.53. The van der Waals surface area contributed by atoms with Gasteiger partial charge in [0.2, 0.25) is 5.91 Å². The Labute approximate surface area is 89.1 Å². The van der Waals surface area contributed by atoms with Crippen LogP contribution < -0.4 is 0 Å². The highest BCUT2D eigenvalue weighted by atomic mass is 16.5. The third kappa shape index (κ3) is 1.82. The van der Waals surface area contributed by atoms with Gasteiger partial charge in [-0.25, -0.2) is 0 Å². The Hall–Kier alpha value is -1.50. The van der Waals surface area contributed by atoms with Crippen molar-refractivity contribution < 1.29 is 9.53 Å². The number of nitrogens with zero attached hydrogens (tertiary/aromatic N) is 2. The molecular weight excluding hydrogens is 192 g/mol. The Morgan fingerprint density at radius 2 is 2.33 bits per heavy atom. The van der Waals surface area contributed by atoms with E-state index in [4.69, 9.17) is 10.00 Å². The van der Waals surface area contributed by atoms with E-state index in [1.807, 2.05) is 13.0 Å². The Balaban J connectivity index is 2.09. The summed E-state index contributed by atoms with van der Waals surface area (Å²) in [6, 6.07) is 2.04. The van der Waals surface area contributed by atoms with Gasteiger partial charge in [0.05, 0.1) is 0 Å². The lowest BCUT2D eigenvalue weighted by atomic mass is 10.1. The van der Waals surface area contributed by atoms with Crippen molar-refractivity contribution in [3.8, 4) is 6.07 Å². The molecule has 2 rings (SSSR count). The molecule has 1 atom stereocenters. The fourth-order valence-corrected chi connectivity index (χ4v) is 2.06. The van der Waals surface area contributed by atoms with Gasteiger partial charge in [-0.2, -0.15) is 5.26 Å². The van der Waals surface area contributed by atoms with E-state index in [9.17, 15) is 4.79 Å². The molecule has 1 fully saturated rings. The van der Waals surface area contributed by atoms with Crippen molar-refractivity contribution in [3.63, 3.8) is 0 Å². The van der Waals surface area contributed by atoms with Gasteiger partial charge in [-0.15, -0.1) is 0 Å². The average molecular weight is 206 g/mol. The molecule has 15 heavy (non-hydrogen) atoms. The molecule has 0 bridgehead atoms. The Kier molecular flexibility index (Phi) is 2.63. The van der Waals surface area contributed by atoms with Gasteiger partial charge in [-0.3, -0.25) is 4.79 Å². The molecule has 1 saturated heterocycles. The molecule has 0 aromatic carbocycles. The number of hydrogen-bond acceptors (Lipinski definition) is 3. The first-order valence-corrected chi connectivity index (χ1v) is 5.28. The van der Waals surface area contributed by atoms with E-state index in [1.165, 1.54) is 0 Å². The maximum Gasteiger partial charge on any atom is 0.225 e. The molecule has 0 spiro atoms. The largest absolute Gasteiger partial charge is 0.460 e. The lowest BCUT2D eigenvalue weighted by Crippen LogP contribution is -2.39. The number of nitriles is 1. The van der Waals surface area contributed by atoms with Crippen LogP contribution in [0.15, 0.2) is 11.3 Å². The van der Waals surface area contributed by atoms with Gasteiger partial charge in [-0.1, -0.05) is 0 Å². The van der Waals surface area contributed by atoms with Crippen LogP contribution in [0.3, 0.4) is 0 Å². The highest BCUT2D eigenvalue weighted by molar-refractivity contribution is 5.78. The van der Waals surface area contributed by atoms with Crippen LogP contribution in [0.5, 0.6) is 0 Å². The molecule has 0 saturated carbocycles. The molecule has 80 valence electrons. The quantitative estimate of drug-likeness (QED) is 0.654. The average Bonchev–Trinajstić information content (AvgIpc) is 2.65. The van der Waals surface area contributed by atoms with Crippen LogP contribution in [0.1, 0.15) is 32.6 Å². The molecule has 0 aromatic rings. The first-order valence-electron chi connectivity index (χ1n) is 5.28. The first kappa shape index (κ1) is 10.0. The molecule has 2 aliphatic heterocycles. The number of allylic oxidation sites excluding steroid dienone is 2. The van der Waals surface area contributed by atoms with E-state index in [1.54, 1.807) is 4.90 Å². The number of carbonyl (C=O) groups excluding carboxylic acids is 1. The molecule has 2 aliphatic rings. The maximum absolute atomic E-state index is 11.5.